The van der Waals surface area contributed by atoms with Gasteiger partial charge in [-0.2, -0.15) is 0 Å². The second kappa shape index (κ2) is 5.28. The lowest BCUT2D eigenvalue weighted by Gasteiger charge is -2.07. The number of aliphatic hydroxyl groups is 1. The highest BCUT2D eigenvalue weighted by Gasteiger charge is 2.10. The molecule has 0 aliphatic heterocycles. The molecule has 0 spiro atoms. The number of hydrogen-bond donors (Lipinski definition) is 3. The van der Waals surface area contributed by atoms with Crippen LogP contribution in [0.1, 0.15) is 16.1 Å². The molecule has 2 aromatic heterocycles. The van der Waals surface area contributed by atoms with Crippen molar-refractivity contribution in [1.82, 2.24) is 9.97 Å². The van der Waals surface area contributed by atoms with Crippen LogP contribution in [-0.2, 0) is 6.61 Å². The number of aromatic nitrogens is 2. The Hall–Kier alpha value is -1.41. The number of nitrogens with one attached hydrogen (secondary N) is 2. The third-order valence-corrected chi connectivity index (χ3v) is 2.85. The molecule has 0 unspecified atom stereocenters. The number of halogens is 1. The fourth-order valence-corrected chi connectivity index (χ4v) is 1.83. The molecule has 5 nitrogen and oxygen atoms in total. The molecule has 0 saturated carbocycles. The van der Waals surface area contributed by atoms with E-state index in [1.807, 2.05) is 0 Å². The summed E-state index contributed by atoms with van der Waals surface area (Å²) in [4.78, 5) is 18.6. The number of anilines is 1. The molecule has 0 aliphatic rings. The third-order valence-electron chi connectivity index (χ3n) is 2.22. The smallest absolute Gasteiger partial charge is 0.272 e. The van der Waals surface area contributed by atoms with E-state index in [2.05, 4.69) is 37.9 Å². The summed E-state index contributed by atoms with van der Waals surface area (Å²) >= 11 is 2.12. The minimum atomic E-state index is -0.254. The monoisotopic (exact) mass is 343 g/mol. The maximum absolute atomic E-state index is 11.8. The molecule has 2 rings (SSSR count). The van der Waals surface area contributed by atoms with Gasteiger partial charge in [0.2, 0.25) is 0 Å². The molecule has 2 heterocycles. The molecule has 3 N–H and O–H groups in total. The number of pyridine rings is 1. The van der Waals surface area contributed by atoms with Crippen LogP contribution < -0.4 is 5.32 Å². The van der Waals surface area contributed by atoms with Gasteiger partial charge in [-0.1, -0.05) is 0 Å². The summed E-state index contributed by atoms with van der Waals surface area (Å²) in [5.74, 6) is -0.254. The lowest BCUT2D eigenvalue weighted by molar-refractivity contribution is 0.102. The predicted molar refractivity (Wildman–Crippen MR) is 71.6 cm³/mol. The van der Waals surface area contributed by atoms with Crippen molar-refractivity contribution in [1.29, 1.82) is 0 Å². The second-order valence-electron chi connectivity index (χ2n) is 3.38. The van der Waals surface area contributed by atoms with Crippen LogP contribution in [-0.4, -0.2) is 21.0 Å². The second-order valence-corrected chi connectivity index (χ2v) is 4.62. The average Bonchev–Trinajstić information content (AvgIpc) is 2.77. The van der Waals surface area contributed by atoms with E-state index in [4.69, 9.17) is 5.11 Å². The van der Waals surface area contributed by atoms with E-state index in [1.54, 1.807) is 24.5 Å². The highest BCUT2D eigenvalue weighted by Crippen LogP contribution is 2.15. The van der Waals surface area contributed by atoms with Gasteiger partial charge in [-0.15, -0.1) is 0 Å². The standard InChI is InChI=1S/C11H10IN3O2/c12-8-3-9(14-4-8)11(17)15-10-5-13-2-1-7(10)6-16/h1-5,14,16H,6H2,(H,15,17). The molecule has 0 bridgehead atoms. The zero-order chi connectivity index (χ0) is 12.3. The fraction of sp³-hybridized carbons (Fsp3) is 0.0909. The van der Waals surface area contributed by atoms with E-state index < -0.39 is 0 Å². The van der Waals surface area contributed by atoms with Crippen LogP contribution >= 0.6 is 22.6 Å². The summed E-state index contributed by atoms with van der Waals surface area (Å²) in [6.07, 6.45) is 4.82. The molecule has 88 valence electrons. The van der Waals surface area contributed by atoms with Gasteiger partial charge in [0.1, 0.15) is 5.69 Å². The van der Waals surface area contributed by atoms with E-state index in [0.717, 1.165) is 3.57 Å². The molecule has 0 fully saturated rings. The number of carbonyl (C=O) groups excluding carboxylic acids is 1. The normalized spacial score (nSPS) is 10.2. The number of H-pyrrole nitrogens is 1. The lowest BCUT2D eigenvalue weighted by Crippen LogP contribution is -2.13. The topological polar surface area (TPSA) is 78.0 Å². The summed E-state index contributed by atoms with van der Waals surface area (Å²) in [5, 5.41) is 11.8. The Morgan fingerprint density at radius 2 is 2.41 bits per heavy atom. The Kier molecular flexibility index (Phi) is 3.75. The van der Waals surface area contributed by atoms with E-state index in [1.165, 1.54) is 6.20 Å². The summed E-state index contributed by atoms with van der Waals surface area (Å²) in [6, 6.07) is 3.40. The Bertz CT molecular complexity index is 539. The highest BCUT2D eigenvalue weighted by molar-refractivity contribution is 14.1. The number of carbonyl (C=O) groups is 1. The molecule has 6 heteroatoms. The van der Waals surface area contributed by atoms with Gasteiger partial charge in [-0.05, 0) is 34.7 Å². The Morgan fingerprint density at radius 1 is 1.59 bits per heavy atom. The van der Waals surface area contributed by atoms with Gasteiger partial charge in [0, 0.05) is 21.5 Å². The van der Waals surface area contributed by atoms with Crippen molar-refractivity contribution >= 4 is 34.2 Å². The highest BCUT2D eigenvalue weighted by atomic mass is 127. The largest absolute Gasteiger partial charge is 0.392 e. The van der Waals surface area contributed by atoms with Crippen LogP contribution in [0.3, 0.4) is 0 Å². The maximum Gasteiger partial charge on any atom is 0.272 e. The van der Waals surface area contributed by atoms with Gasteiger partial charge in [-0.3, -0.25) is 9.78 Å². The first-order valence-corrected chi connectivity index (χ1v) is 5.97. The number of nitrogens with zero attached hydrogens (tertiary/aromatic N) is 1. The van der Waals surface area contributed by atoms with E-state index in [0.29, 0.717) is 16.9 Å². The Morgan fingerprint density at radius 3 is 3.06 bits per heavy atom. The molecule has 17 heavy (non-hydrogen) atoms. The molecule has 2 aromatic rings. The quantitative estimate of drug-likeness (QED) is 0.744. The van der Waals surface area contributed by atoms with Gasteiger partial charge < -0.3 is 15.4 Å². The Labute approximate surface area is 111 Å². The maximum atomic E-state index is 11.8. The van der Waals surface area contributed by atoms with Crippen LogP contribution in [0.4, 0.5) is 5.69 Å². The van der Waals surface area contributed by atoms with E-state index in [9.17, 15) is 4.79 Å². The number of aliphatic hydroxyl groups excluding tert-OH is 1. The summed E-state index contributed by atoms with van der Waals surface area (Å²) in [7, 11) is 0. The van der Waals surface area contributed by atoms with Crippen LogP contribution in [0.2, 0.25) is 0 Å². The van der Waals surface area contributed by atoms with Gasteiger partial charge in [0.15, 0.2) is 0 Å². The van der Waals surface area contributed by atoms with Gasteiger partial charge >= 0.3 is 0 Å². The minimum absolute atomic E-state index is 0.138. The first kappa shape index (κ1) is 12.1. The van der Waals surface area contributed by atoms with Gasteiger partial charge in [-0.25, -0.2) is 0 Å². The predicted octanol–water partition coefficient (Wildman–Crippen LogP) is 1.76. The summed E-state index contributed by atoms with van der Waals surface area (Å²) in [6.45, 7) is -0.138. The molecular weight excluding hydrogens is 333 g/mol. The molecule has 0 radical (unpaired) electrons. The number of hydrogen-bond acceptors (Lipinski definition) is 3. The number of amides is 1. The van der Waals surface area contributed by atoms with Crippen molar-refractivity contribution in [3.8, 4) is 0 Å². The molecule has 0 aliphatic carbocycles. The number of rotatable bonds is 3. The molecule has 0 aromatic carbocycles. The van der Waals surface area contributed by atoms with E-state index >= 15 is 0 Å². The summed E-state index contributed by atoms with van der Waals surface area (Å²) < 4.78 is 0.960. The fourth-order valence-electron chi connectivity index (χ4n) is 1.36. The zero-order valence-corrected chi connectivity index (χ0v) is 10.9. The molecule has 1 amide bonds. The first-order valence-electron chi connectivity index (χ1n) is 4.89. The van der Waals surface area contributed by atoms with Crippen LogP contribution in [0.25, 0.3) is 0 Å². The molecule has 0 atom stereocenters. The van der Waals surface area contributed by atoms with Crippen molar-refractivity contribution in [2.45, 2.75) is 6.61 Å². The van der Waals surface area contributed by atoms with Crippen molar-refractivity contribution < 1.29 is 9.90 Å². The van der Waals surface area contributed by atoms with Crippen molar-refractivity contribution in [2.24, 2.45) is 0 Å². The average molecular weight is 343 g/mol. The Balaban J connectivity index is 2.18. The lowest BCUT2D eigenvalue weighted by atomic mass is 10.2. The number of aromatic amines is 1. The molecular formula is C11H10IN3O2. The van der Waals surface area contributed by atoms with Crippen LogP contribution in [0.15, 0.2) is 30.7 Å². The minimum Gasteiger partial charge on any atom is -0.392 e. The summed E-state index contributed by atoms with van der Waals surface area (Å²) in [5.41, 5.74) is 1.63. The SMILES string of the molecule is O=C(Nc1cnccc1CO)c1cc(I)c[nH]1. The first-order chi connectivity index (χ1) is 8.20. The van der Waals surface area contributed by atoms with Crippen LogP contribution in [0, 0.1) is 3.57 Å². The third kappa shape index (κ3) is 2.83. The van der Waals surface area contributed by atoms with Crippen molar-refractivity contribution in [2.75, 3.05) is 5.32 Å². The van der Waals surface area contributed by atoms with Gasteiger partial charge in [0.25, 0.3) is 5.91 Å². The van der Waals surface area contributed by atoms with Crippen molar-refractivity contribution in [3.05, 3.63) is 45.6 Å². The van der Waals surface area contributed by atoms with Gasteiger partial charge in [0.05, 0.1) is 18.5 Å². The van der Waals surface area contributed by atoms with Crippen molar-refractivity contribution in [3.63, 3.8) is 0 Å². The zero-order valence-electron chi connectivity index (χ0n) is 8.77. The van der Waals surface area contributed by atoms with E-state index in [-0.39, 0.29) is 12.5 Å². The molecule has 0 saturated heterocycles. The van der Waals surface area contributed by atoms with Crippen LogP contribution in [0.5, 0.6) is 0 Å².